The molecule has 0 radical (unpaired) electrons. The van der Waals surface area contributed by atoms with Gasteiger partial charge in [-0.15, -0.1) is 0 Å². The number of amides is 2. The van der Waals surface area contributed by atoms with Gasteiger partial charge in [-0.2, -0.15) is 0 Å². The molecule has 6 nitrogen and oxygen atoms in total. The largest absolute Gasteiger partial charge is 0.500 e. The fraction of sp³-hybridized carbons (Fsp3) is 0.231. The van der Waals surface area contributed by atoms with Gasteiger partial charge in [-0.25, -0.2) is 0 Å². The maximum atomic E-state index is 11.6. The third kappa shape index (κ3) is 4.71. The molecule has 1 aromatic carbocycles. The first-order valence-electron chi connectivity index (χ1n) is 5.63. The maximum Gasteiger partial charge on any atom is 0.313 e. The molecule has 0 aliphatic heterocycles. The molecule has 2 amide bonds. The van der Waals surface area contributed by atoms with Crippen LogP contribution in [0.4, 0.5) is 5.69 Å². The van der Waals surface area contributed by atoms with E-state index in [4.69, 9.17) is 9.47 Å². The van der Waals surface area contributed by atoms with Crippen LogP contribution in [0.15, 0.2) is 37.1 Å². The Morgan fingerprint density at radius 3 is 2.74 bits per heavy atom. The minimum absolute atomic E-state index is 0.226. The number of para-hydroxylation sites is 2. The highest BCUT2D eigenvalue weighted by Gasteiger charge is 2.14. The second-order valence-corrected chi connectivity index (χ2v) is 3.45. The van der Waals surface area contributed by atoms with Crippen molar-refractivity contribution in [1.29, 1.82) is 0 Å². The van der Waals surface area contributed by atoms with Crippen molar-refractivity contribution in [3.05, 3.63) is 37.1 Å². The van der Waals surface area contributed by atoms with Crippen LogP contribution in [-0.2, 0) is 14.3 Å². The van der Waals surface area contributed by atoms with Crippen molar-refractivity contribution < 1.29 is 19.1 Å². The summed E-state index contributed by atoms with van der Waals surface area (Å²) in [5.41, 5.74) is 0.437. The molecule has 102 valence electrons. The fourth-order valence-electron chi connectivity index (χ4n) is 1.31. The van der Waals surface area contributed by atoms with E-state index in [1.54, 1.807) is 24.3 Å². The van der Waals surface area contributed by atoms with E-state index in [1.807, 2.05) is 0 Å². The zero-order valence-electron chi connectivity index (χ0n) is 10.6. The van der Waals surface area contributed by atoms with Crippen LogP contribution in [-0.4, -0.2) is 32.1 Å². The summed E-state index contributed by atoms with van der Waals surface area (Å²) in [5, 5.41) is 4.88. The molecule has 1 aromatic rings. The number of rotatable bonds is 6. The molecule has 0 heterocycles. The second-order valence-electron chi connectivity index (χ2n) is 3.45. The summed E-state index contributed by atoms with van der Waals surface area (Å²) >= 11 is 0. The number of hydrogen-bond acceptors (Lipinski definition) is 4. The average Bonchev–Trinajstić information content (AvgIpc) is 2.44. The number of carbonyl (C=O) groups is 2. The lowest BCUT2D eigenvalue weighted by molar-refractivity contribution is -0.136. The van der Waals surface area contributed by atoms with Crippen molar-refractivity contribution in [2.24, 2.45) is 0 Å². The summed E-state index contributed by atoms with van der Waals surface area (Å²) in [6, 6.07) is 6.82. The molecule has 2 N–H and O–H groups in total. The van der Waals surface area contributed by atoms with Gasteiger partial charge in [0.1, 0.15) is 12.4 Å². The first-order valence-corrected chi connectivity index (χ1v) is 5.63. The minimum atomic E-state index is -0.761. The predicted octanol–water partition coefficient (Wildman–Crippen LogP) is 0.910. The lowest BCUT2D eigenvalue weighted by Crippen LogP contribution is -2.37. The van der Waals surface area contributed by atoms with Crippen molar-refractivity contribution in [3.63, 3.8) is 0 Å². The summed E-state index contributed by atoms with van der Waals surface area (Å²) in [6.45, 7) is 3.85. The molecule has 0 atom stereocenters. The Hall–Kier alpha value is -2.50. The van der Waals surface area contributed by atoms with Crippen molar-refractivity contribution in [2.75, 3.05) is 25.6 Å². The number of nitrogens with one attached hydrogen (secondary N) is 2. The van der Waals surface area contributed by atoms with E-state index >= 15 is 0 Å². The van der Waals surface area contributed by atoms with E-state index in [1.165, 1.54) is 13.4 Å². The summed E-state index contributed by atoms with van der Waals surface area (Å²) in [7, 11) is 1.48. The van der Waals surface area contributed by atoms with Crippen LogP contribution in [0.2, 0.25) is 0 Å². The quantitative estimate of drug-likeness (QED) is 0.455. The van der Waals surface area contributed by atoms with Crippen LogP contribution in [0.3, 0.4) is 0 Å². The van der Waals surface area contributed by atoms with Crippen LogP contribution in [0.1, 0.15) is 0 Å². The highest BCUT2D eigenvalue weighted by Crippen LogP contribution is 2.22. The minimum Gasteiger partial charge on any atom is -0.500 e. The Kier molecular flexibility index (Phi) is 5.94. The van der Waals surface area contributed by atoms with Crippen LogP contribution < -0.4 is 15.4 Å². The maximum absolute atomic E-state index is 11.6. The zero-order chi connectivity index (χ0) is 14.1. The van der Waals surface area contributed by atoms with Gasteiger partial charge in [-0.3, -0.25) is 9.59 Å². The smallest absolute Gasteiger partial charge is 0.313 e. The van der Waals surface area contributed by atoms with Crippen molar-refractivity contribution in [3.8, 4) is 5.75 Å². The van der Waals surface area contributed by atoms with E-state index in [2.05, 4.69) is 17.2 Å². The Morgan fingerprint density at radius 2 is 2.05 bits per heavy atom. The lowest BCUT2D eigenvalue weighted by atomic mass is 10.3. The number of methoxy groups -OCH3 is 1. The molecule has 0 saturated heterocycles. The van der Waals surface area contributed by atoms with Crippen LogP contribution >= 0.6 is 0 Å². The predicted molar refractivity (Wildman–Crippen MR) is 70.8 cm³/mol. The van der Waals surface area contributed by atoms with Crippen molar-refractivity contribution in [1.82, 2.24) is 5.32 Å². The third-order valence-electron chi connectivity index (χ3n) is 2.18. The molecule has 0 aromatic heterocycles. The topological polar surface area (TPSA) is 76.7 Å². The van der Waals surface area contributed by atoms with Gasteiger partial charge in [0.15, 0.2) is 0 Å². The third-order valence-corrected chi connectivity index (χ3v) is 2.18. The first-order chi connectivity index (χ1) is 9.19. The molecular formula is C13H16N2O4. The summed E-state index contributed by atoms with van der Waals surface area (Å²) in [4.78, 5) is 23.1. The Morgan fingerprint density at radius 1 is 1.32 bits per heavy atom. The summed E-state index contributed by atoms with van der Waals surface area (Å²) in [5.74, 6) is -1.01. The van der Waals surface area contributed by atoms with Crippen molar-refractivity contribution >= 4 is 17.5 Å². The van der Waals surface area contributed by atoms with Gasteiger partial charge in [0.25, 0.3) is 0 Å². The number of anilines is 1. The molecule has 0 spiro atoms. The van der Waals surface area contributed by atoms with Gasteiger partial charge in [-0.1, -0.05) is 18.7 Å². The molecule has 1 rings (SSSR count). The highest BCUT2D eigenvalue weighted by atomic mass is 16.5. The van der Waals surface area contributed by atoms with Gasteiger partial charge in [-0.05, 0) is 12.1 Å². The molecule has 6 heteroatoms. The van der Waals surface area contributed by atoms with Crippen LogP contribution in [0, 0.1) is 0 Å². The number of benzene rings is 1. The van der Waals surface area contributed by atoms with Crippen molar-refractivity contribution in [2.45, 2.75) is 0 Å². The standard InChI is InChI=1S/C13H16N2O4/c1-3-19-9-8-14-12(16)13(17)15-10-6-4-5-7-11(10)18-2/h3-7H,1,8-9H2,2H3,(H,14,16)(H,15,17). The number of carbonyl (C=O) groups excluding carboxylic acids is 2. The molecule has 0 saturated carbocycles. The number of hydrogen-bond donors (Lipinski definition) is 2. The van der Waals surface area contributed by atoms with E-state index in [0.717, 1.165) is 0 Å². The molecule has 0 aliphatic rings. The molecule has 0 fully saturated rings. The Bertz CT molecular complexity index is 460. The SMILES string of the molecule is C=COCCNC(=O)C(=O)Nc1ccccc1OC. The van der Waals surface area contributed by atoms with Gasteiger partial charge < -0.3 is 20.1 Å². The Balaban J connectivity index is 2.49. The zero-order valence-corrected chi connectivity index (χ0v) is 10.6. The lowest BCUT2D eigenvalue weighted by Gasteiger charge is -2.09. The van der Waals surface area contributed by atoms with E-state index in [0.29, 0.717) is 11.4 Å². The van der Waals surface area contributed by atoms with Gasteiger partial charge in [0.2, 0.25) is 0 Å². The molecule has 19 heavy (non-hydrogen) atoms. The van der Waals surface area contributed by atoms with E-state index in [9.17, 15) is 9.59 Å². The second kappa shape index (κ2) is 7.75. The van der Waals surface area contributed by atoms with Crippen LogP contribution in [0.5, 0.6) is 5.75 Å². The molecule has 0 unspecified atom stereocenters. The molecule has 0 aliphatic carbocycles. The first kappa shape index (κ1) is 14.6. The molecular weight excluding hydrogens is 248 g/mol. The van der Waals surface area contributed by atoms with E-state index in [-0.39, 0.29) is 13.2 Å². The fourth-order valence-corrected chi connectivity index (χ4v) is 1.31. The number of ether oxygens (including phenoxy) is 2. The monoisotopic (exact) mass is 264 g/mol. The highest BCUT2D eigenvalue weighted by molar-refractivity contribution is 6.39. The van der Waals surface area contributed by atoms with Gasteiger partial charge in [0.05, 0.1) is 25.6 Å². The van der Waals surface area contributed by atoms with Gasteiger partial charge in [0, 0.05) is 0 Å². The summed E-state index contributed by atoms with van der Waals surface area (Å²) in [6.07, 6.45) is 1.26. The summed E-state index contributed by atoms with van der Waals surface area (Å²) < 4.78 is 9.88. The van der Waals surface area contributed by atoms with Crippen LogP contribution in [0.25, 0.3) is 0 Å². The molecule has 0 bridgehead atoms. The normalized spacial score (nSPS) is 9.32. The van der Waals surface area contributed by atoms with Gasteiger partial charge >= 0.3 is 11.8 Å². The van der Waals surface area contributed by atoms with E-state index < -0.39 is 11.8 Å². The average molecular weight is 264 g/mol. The Labute approximate surface area is 111 Å².